The molecule has 6 nitrogen and oxygen atoms in total. The minimum Gasteiger partial charge on any atom is -0.328 e. The van der Waals surface area contributed by atoms with E-state index in [1.54, 1.807) is 6.20 Å². The van der Waals surface area contributed by atoms with Gasteiger partial charge in [0.25, 0.3) is 0 Å². The number of hydrogen-bond donors (Lipinski definition) is 1. The van der Waals surface area contributed by atoms with Crippen LogP contribution < -0.4 is 5.32 Å². The predicted octanol–water partition coefficient (Wildman–Crippen LogP) is 3.09. The van der Waals surface area contributed by atoms with Crippen LogP contribution in [0.25, 0.3) is 11.0 Å². The van der Waals surface area contributed by atoms with Crippen molar-refractivity contribution < 1.29 is 4.79 Å². The van der Waals surface area contributed by atoms with Crippen molar-refractivity contribution >= 4 is 22.8 Å². The van der Waals surface area contributed by atoms with Crippen LogP contribution in [0.2, 0.25) is 0 Å². The third-order valence-electron chi connectivity index (χ3n) is 5.29. The minimum absolute atomic E-state index is 0.00333. The number of carbonyl (C=O) groups excluding carboxylic acids is 1. The number of aromatic nitrogens is 3. The highest BCUT2D eigenvalue weighted by Crippen LogP contribution is 2.23. The van der Waals surface area contributed by atoms with E-state index >= 15 is 0 Å². The zero-order valence-corrected chi connectivity index (χ0v) is 15.6. The maximum Gasteiger partial charge on any atom is 0.239 e. The number of piperidine rings is 1. The Morgan fingerprint density at radius 3 is 2.70 bits per heavy atom. The summed E-state index contributed by atoms with van der Waals surface area (Å²) in [5.41, 5.74) is 2.28. The summed E-state index contributed by atoms with van der Waals surface area (Å²) in [6.45, 7) is 5.41. The lowest BCUT2D eigenvalue weighted by molar-refractivity contribution is -0.117. The second-order valence-electron chi connectivity index (χ2n) is 7.24. The Hall–Kier alpha value is -2.73. The molecule has 2 aromatic heterocycles. The summed E-state index contributed by atoms with van der Waals surface area (Å²) in [5, 5.41) is 2.86. The summed E-state index contributed by atoms with van der Waals surface area (Å²) in [5.74, 6) is 2.31. The smallest absolute Gasteiger partial charge is 0.239 e. The monoisotopic (exact) mass is 363 g/mol. The number of rotatable bonds is 5. The van der Waals surface area contributed by atoms with Crippen molar-refractivity contribution in [2.45, 2.75) is 26.3 Å². The molecule has 1 amide bonds. The number of nitrogens with zero attached hydrogens (tertiary/aromatic N) is 4. The van der Waals surface area contributed by atoms with Gasteiger partial charge in [0.05, 0.1) is 17.6 Å². The van der Waals surface area contributed by atoms with E-state index in [1.807, 2.05) is 24.3 Å². The molecule has 1 aliphatic rings. The normalized spacial score (nSPS) is 15.9. The Bertz CT molecular complexity index is 913. The molecule has 1 aliphatic heterocycles. The Balaban J connectivity index is 1.30. The van der Waals surface area contributed by atoms with Crippen molar-refractivity contribution in [1.82, 2.24) is 19.4 Å². The number of para-hydroxylation sites is 2. The molecule has 1 fully saturated rings. The molecule has 27 heavy (non-hydrogen) atoms. The molecule has 0 spiro atoms. The summed E-state index contributed by atoms with van der Waals surface area (Å²) >= 11 is 0. The second-order valence-corrected chi connectivity index (χ2v) is 7.24. The van der Waals surface area contributed by atoms with Crippen LogP contribution >= 0.6 is 0 Å². The summed E-state index contributed by atoms with van der Waals surface area (Å²) in [7, 11) is 0. The Labute approximate surface area is 159 Å². The number of imidazole rings is 1. The van der Waals surface area contributed by atoms with Crippen LogP contribution in [0.1, 0.15) is 18.7 Å². The van der Waals surface area contributed by atoms with E-state index in [2.05, 4.69) is 49.9 Å². The molecule has 6 heteroatoms. The molecule has 0 unspecified atom stereocenters. The number of amides is 1. The molecular formula is C21H25N5O. The highest BCUT2D eigenvalue weighted by Gasteiger charge is 2.22. The number of nitrogens with one attached hydrogen (secondary N) is 1. The molecule has 0 saturated carbocycles. The quantitative estimate of drug-likeness (QED) is 0.757. The van der Waals surface area contributed by atoms with Crippen molar-refractivity contribution in [2.24, 2.45) is 5.92 Å². The predicted molar refractivity (Wildman–Crippen MR) is 107 cm³/mol. The highest BCUT2D eigenvalue weighted by atomic mass is 16.2. The first-order chi connectivity index (χ1) is 13.2. The molecular weight excluding hydrogens is 338 g/mol. The summed E-state index contributed by atoms with van der Waals surface area (Å²) in [6.07, 6.45) is 3.88. The average molecular weight is 363 g/mol. The van der Waals surface area contributed by atoms with Gasteiger partial charge in [0.2, 0.25) is 5.91 Å². The minimum atomic E-state index is 0.00333. The van der Waals surface area contributed by atoms with Gasteiger partial charge in [0, 0.05) is 12.7 Å². The topological polar surface area (TPSA) is 63.1 Å². The van der Waals surface area contributed by atoms with Gasteiger partial charge in [-0.1, -0.05) is 18.2 Å². The first-order valence-corrected chi connectivity index (χ1v) is 9.54. The first-order valence-electron chi connectivity index (χ1n) is 9.54. The first kappa shape index (κ1) is 17.7. The van der Waals surface area contributed by atoms with Crippen LogP contribution in [-0.4, -0.2) is 45.0 Å². The SMILES string of the molecule is Cc1nc2ccccc2n1CC1CCN(CC(=O)Nc2ccccn2)CC1. The third-order valence-corrected chi connectivity index (χ3v) is 5.29. The largest absolute Gasteiger partial charge is 0.328 e. The maximum absolute atomic E-state index is 12.2. The summed E-state index contributed by atoms with van der Waals surface area (Å²) in [4.78, 5) is 23.2. The van der Waals surface area contributed by atoms with Crippen LogP contribution in [0.5, 0.6) is 0 Å². The number of hydrogen-bond acceptors (Lipinski definition) is 4. The van der Waals surface area contributed by atoms with Crippen LogP contribution in [0.15, 0.2) is 48.7 Å². The van der Waals surface area contributed by atoms with Crippen molar-refractivity contribution in [1.29, 1.82) is 0 Å². The molecule has 1 aromatic carbocycles. The number of aryl methyl sites for hydroxylation is 1. The molecule has 1 saturated heterocycles. The van der Waals surface area contributed by atoms with E-state index in [0.29, 0.717) is 18.3 Å². The van der Waals surface area contributed by atoms with Crippen molar-refractivity contribution in [3.8, 4) is 0 Å². The van der Waals surface area contributed by atoms with Crippen molar-refractivity contribution in [2.75, 3.05) is 25.0 Å². The van der Waals surface area contributed by atoms with Gasteiger partial charge in [0.1, 0.15) is 11.6 Å². The van der Waals surface area contributed by atoms with Gasteiger partial charge in [-0.3, -0.25) is 9.69 Å². The van der Waals surface area contributed by atoms with E-state index in [9.17, 15) is 4.79 Å². The van der Waals surface area contributed by atoms with Gasteiger partial charge in [-0.25, -0.2) is 9.97 Å². The Kier molecular flexibility index (Phi) is 5.16. The summed E-state index contributed by atoms with van der Waals surface area (Å²) in [6, 6.07) is 13.8. The average Bonchev–Trinajstić information content (AvgIpc) is 2.99. The zero-order chi connectivity index (χ0) is 18.6. The molecule has 1 N–H and O–H groups in total. The third kappa shape index (κ3) is 4.17. The number of fused-ring (bicyclic) bond motifs is 1. The number of anilines is 1. The molecule has 4 rings (SSSR count). The molecule has 0 bridgehead atoms. The summed E-state index contributed by atoms with van der Waals surface area (Å²) < 4.78 is 2.34. The second kappa shape index (κ2) is 7.88. The van der Waals surface area contributed by atoms with E-state index in [-0.39, 0.29) is 5.91 Å². The fourth-order valence-corrected chi connectivity index (χ4v) is 3.83. The number of carbonyl (C=O) groups is 1. The van der Waals surface area contributed by atoms with E-state index in [0.717, 1.165) is 43.8 Å². The van der Waals surface area contributed by atoms with Crippen LogP contribution in [-0.2, 0) is 11.3 Å². The van der Waals surface area contributed by atoms with Gasteiger partial charge in [-0.15, -0.1) is 0 Å². The number of pyridine rings is 1. The fraction of sp³-hybridized carbons (Fsp3) is 0.381. The van der Waals surface area contributed by atoms with Crippen LogP contribution in [0, 0.1) is 12.8 Å². The van der Waals surface area contributed by atoms with Gasteiger partial charge in [0.15, 0.2) is 0 Å². The maximum atomic E-state index is 12.2. The Morgan fingerprint density at radius 1 is 1.15 bits per heavy atom. The lowest BCUT2D eigenvalue weighted by atomic mass is 9.96. The molecule has 3 heterocycles. The number of likely N-dealkylation sites (tertiary alicyclic amines) is 1. The highest BCUT2D eigenvalue weighted by molar-refractivity contribution is 5.91. The zero-order valence-electron chi connectivity index (χ0n) is 15.6. The Morgan fingerprint density at radius 2 is 1.93 bits per heavy atom. The lowest BCUT2D eigenvalue weighted by Crippen LogP contribution is -2.40. The van der Waals surface area contributed by atoms with Crippen LogP contribution in [0.3, 0.4) is 0 Å². The van der Waals surface area contributed by atoms with Gasteiger partial charge < -0.3 is 9.88 Å². The standard InChI is InChI=1S/C21H25N5O/c1-16-23-18-6-2-3-7-19(18)26(16)14-17-9-12-25(13-10-17)15-21(27)24-20-8-4-5-11-22-20/h2-8,11,17H,9-10,12-15H2,1H3,(H,22,24,27). The van der Waals surface area contributed by atoms with Crippen molar-refractivity contribution in [3.05, 3.63) is 54.5 Å². The molecule has 0 radical (unpaired) electrons. The van der Waals surface area contributed by atoms with Crippen LogP contribution in [0.4, 0.5) is 5.82 Å². The van der Waals surface area contributed by atoms with Crippen molar-refractivity contribution in [3.63, 3.8) is 0 Å². The molecule has 0 aliphatic carbocycles. The molecule has 0 atom stereocenters. The van der Waals surface area contributed by atoms with Gasteiger partial charge in [-0.2, -0.15) is 0 Å². The van der Waals surface area contributed by atoms with E-state index < -0.39 is 0 Å². The lowest BCUT2D eigenvalue weighted by Gasteiger charge is -2.31. The molecule has 140 valence electrons. The van der Waals surface area contributed by atoms with Gasteiger partial charge >= 0.3 is 0 Å². The van der Waals surface area contributed by atoms with E-state index in [1.165, 1.54) is 5.52 Å². The number of benzene rings is 1. The van der Waals surface area contributed by atoms with E-state index in [4.69, 9.17) is 0 Å². The van der Waals surface area contributed by atoms with Gasteiger partial charge in [-0.05, 0) is 63.0 Å². The molecule has 3 aromatic rings. The fourth-order valence-electron chi connectivity index (χ4n) is 3.83.